The molecule has 1 aromatic rings. The highest BCUT2D eigenvalue weighted by Gasteiger charge is 2.45. The molecule has 0 bridgehead atoms. The van der Waals surface area contributed by atoms with Crippen molar-refractivity contribution in [3.8, 4) is 5.75 Å². The van der Waals surface area contributed by atoms with Crippen LogP contribution in [0.15, 0.2) is 23.1 Å². The lowest BCUT2D eigenvalue weighted by Gasteiger charge is -2.41. The van der Waals surface area contributed by atoms with Crippen LogP contribution in [0.2, 0.25) is 0 Å². The lowest BCUT2D eigenvalue weighted by Crippen LogP contribution is -2.62. The summed E-state index contributed by atoms with van der Waals surface area (Å²) in [7, 11) is -3.87. The van der Waals surface area contributed by atoms with Gasteiger partial charge in [0.15, 0.2) is 11.6 Å². The first-order valence-corrected chi connectivity index (χ1v) is 9.06. The molecule has 2 saturated heterocycles. The Morgan fingerprint density at radius 2 is 1.83 bits per heavy atom. The van der Waals surface area contributed by atoms with Gasteiger partial charge in [-0.15, -0.1) is 0 Å². The lowest BCUT2D eigenvalue weighted by molar-refractivity contribution is -0.143. The van der Waals surface area contributed by atoms with Crippen LogP contribution in [0, 0.1) is 5.82 Å². The monoisotopic (exact) mass is 356 g/mol. The fraction of sp³-hybridized carbons (Fsp3) is 0.467. The van der Waals surface area contributed by atoms with E-state index in [4.69, 9.17) is 4.74 Å². The number of rotatable bonds is 5. The summed E-state index contributed by atoms with van der Waals surface area (Å²) in [5.41, 5.74) is 0. The third-order valence-electron chi connectivity index (χ3n) is 4.12. The lowest BCUT2D eigenvalue weighted by atomic mass is 10.1. The minimum absolute atomic E-state index is 0.00815. The molecule has 0 N–H and O–H groups in total. The van der Waals surface area contributed by atoms with E-state index in [0.717, 1.165) is 15.3 Å². The topological polar surface area (TPSA) is 84.0 Å². The van der Waals surface area contributed by atoms with Crippen molar-refractivity contribution in [1.82, 2.24) is 9.21 Å². The number of sulfonamides is 1. The minimum atomic E-state index is -3.87. The number of hydrogen-bond donors (Lipinski definition) is 0. The van der Waals surface area contributed by atoms with Gasteiger partial charge in [-0.3, -0.25) is 14.5 Å². The fourth-order valence-corrected chi connectivity index (χ4v) is 4.37. The number of halogens is 1. The second kappa shape index (κ2) is 6.14. The van der Waals surface area contributed by atoms with E-state index in [-0.39, 0.29) is 55.0 Å². The van der Waals surface area contributed by atoms with Crippen molar-refractivity contribution in [2.24, 2.45) is 0 Å². The zero-order valence-electron chi connectivity index (χ0n) is 13.1. The number of nitrogens with zero attached hydrogens (tertiary/aromatic N) is 2. The molecular formula is C15H17FN2O5S. The van der Waals surface area contributed by atoms with Gasteiger partial charge in [0.2, 0.25) is 21.8 Å². The Morgan fingerprint density at radius 3 is 2.38 bits per heavy atom. The molecule has 2 fully saturated rings. The predicted molar refractivity (Wildman–Crippen MR) is 81.2 cm³/mol. The van der Waals surface area contributed by atoms with E-state index in [1.165, 1.54) is 12.1 Å². The molecule has 130 valence electrons. The maximum atomic E-state index is 13.9. The highest BCUT2D eigenvalue weighted by Crippen LogP contribution is 2.29. The summed E-state index contributed by atoms with van der Waals surface area (Å²) >= 11 is 0. The molecule has 0 spiro atoms. The van der Waals surface area contributed by atoms with E-state index in [9.17, 15) is 22.4 Å². The molecule has 7 nitrogen and oxygen atoms in total. The third-order valence-corrected chi connectivity index (χ3v) is 5.95. The summed E-state index contributed by atoms with van der Waals surface area (Å²) in [6, 6.07) is 3.04. The van der Waals surface area contributed by atoms with E-state index < -0.39 is 21.9 Å². The summed E-state index contributed by atoms with van der Waals surface area (Å²) in [6.07, 6.45) is 0.346. The highest BCUT2D eigenvalue weighted by atomic mass is 32.2. The summed E-state index contributed by atoms with van der Waals surface area (Å²) in [5, 5.41) is 0. The molecule has 9 heteroatoms. The Hall–Kier alpha value is -2.00. The molecule has 0 radical (unpaired) electrons. The average molecular weight is 356 g/mol. The van der Waals surface area contributed by atoms with Crippen molar-refractivity contribution in [2.45, 2.75) is 30.7 Å². The summed E-state index contributed by atoms with van der Waals surface area (Å²) in [5.74, 6) is -1.30. The molecular weight excluding hydrogens is 339 g/mol. The molecule has 2 aliphatic rings. The van der Waals surface area contributed by atoms with E-state index in [2.05, 4.69) is 0 Å². The van der Waals surface area contributed by atoms with Crippen molar-refractivity contribution in [3.05, 3.63) is 24.0 Å². The minimum Gasteiger partial charge on any atom is -0.491 e. The Balaban J connectivity index is 1.73. The first kappa shape index (κ1) is 16.8. The molecule has 3 rings (SSSR count). The van der Waals surface area contributed by atoms with Crippen LogP contribution in [0.1, 0.15) is 19.8 Å². The van der Waals surface area contributed by atoms with E-state index in [1.807, 2.05) is 0 Å². The van der Waals surface area contributed by atoms with Crippen molar-refractivity contribution >= 4 is 21.8 Å². The number of ether oxygens (including phenoxy) is 1. The fourth-order valence-electron chi connectivity index (χ4n) is 2.84. The molecule has 0 aromatic heterocycles. The highest BCUT2D eigenvalue weighted by molar-refractivity contribution is 7.89. The molecule has 1 aromatic carbocycles. The number of carbonyl (C=O) groups is 2. The molecule has 2 heterocycles. The Labute approximate surface area is 139 Å². The van der Waals surface area contributed by atoms with Crippen LogP contribution in [0.3, 0.4) is 0 Å². The Morgan fingerprint density at radius 1 is 1.21 bits per heavy atom. The van der Waals surface area contributed by atoms with E-state index in [0.29, 0.717) is 0 Å². The van der Waals surface area contributed by atoms with Gasteiger partial charge in [0.1, 0.15) is 0 Å². The van der Waals surface area contributed by atoms with Crippen molar-refractivity contribution in [2.75, 3.05) is 19.7 Å². The van der Waals surface area contributed by atoms with Gasteiger partial charge in [-0.25, -0.2) is 12.8 Å². The smallest absolute Gasteiger partial charge is 0.243 e. The van der Waals surface area contributed by atoms with Crippen LogP contribution < -0.4 is 4.74 Å². The second-order valence-electron chi connectivity index (χ2n) is 5.66. The SMILES string of the molecule is CCOc1ccc(S(=O)(=O)N2CC(N3C(=O)CCC3=O)C2)cc1F. The Kier molecular flexibility index (Phi) is 4.31. The molecule has 0 aliphatic carbocycles. The number of benzene rings is 1. The van der Waals surface area contributed by atoms with Gasteiger partial charge in [0.25, 0.3) is 0 Å². The van der Waals surface area contributed by atoms with Crippen LogP contribution in [-0.4, -0.2) is 55.2 Å². The van der Waals surface area contributed by atoms with Gasteiger partial charge >= 0.3 is 0 Å². The standard InChI is InChI=1S/C15H17FN2O5S/c1-2-23-13-4-3-11(7-12(13)16)24(21,22)17-8-10(9-17)18-14(19)5-6-15(18)20/h3-4,7,10H,2,5-6,8-9H2,1H3. The quantitative estimate of drug-likeness (QED) is 0.727. The maximum Gasteiger partial charge on any atom is 0.243 e. The summed E-state index contributed by atoms with van der Waals surface area (Å²) < 4.78 is 45.0. The van der Waals surface area contributed by atoms with Crippen LogP contribution in [-0.2, 0) is 19.6 Å². The molecule has 24 heavy (non-hydrogen) atoms. The van der Waals surface area contributed by atoms with Gasteiger partial charge < -0.3 is 4.74 Å². The predicted octanol–water partition coefficient (Wildman–Crippen LogP) is 0.746. The molecule has 0 saturated carbocycles. The third kappa shape index (κ3) is 2.78. The summed E-state index contributed by atoms with van der Waals surface area (Å²) in [4.78, 5) is 24.3. The van der Waals surface area contributed by atoms with E-state index in [1.54, 1.807) is 6.92 Å². The van der Waals surface area contributed by atoms with Crippen LogP contribution >= 0.6 is 0 Å². The molecule has 2 aliphatic heterocycles. The Bertz CT molecular complexity index is 773. The first-order valence-electron chi connectivity index (χ1n) is 7.62. The maximum absolute atomic E-state index is 13.9. The number of amides is 2. The molecule has 0 unspecified atom stereocenters. The second-order valence-corrected chi connectivity index (χ2v) is 7.60. The number of carbonyl (C=O) groups excluding carboxylic acids is 2. The molecule has 0 atom stereocenters. The first-order chi connectivity index (χ1) is 11.3. The van der Waals surface area contributed by atoms with Crippen molar-refractivity contribution in [1.29, 1.82) is 0 Å². The van der Waals surface area contributed by atoms with E-state index >= 15 is 0 Å². The van der Waals surface area contributed by atoms with Crippen molar-refractivity contribution in [3.63, 3.8) is 0 Å². The van der Waals surface area contributed by atoms with Gasteiger partial charge in [0, 0.05) is 25.9 Å². The van der Waals surface area contributed by atoms with Gasteiger partial charge in [-0.1, -0.05) is 0 Å². The number of likely N-dealkylation sites (tertiary alicyclic amines) is 1. The molecule has 2 amide bonds. The zero-order chi connectivity index (χ0) is 17.5. The van der Waals surface area contributed by atoms with Gasteiger partial charge in [-0.05, 0) is 25.1 Å². The number of hydrogen-bond acceptors (Lipinski definition) is 5. The average Bonchev–Trinajstić information content (AvgIpc) is 2.80. The van der Waals surface area contributed by atoms with Crippen molar-refractivity contribution < 1.29 is 27.1 Å². The van der Waals surface area contributed by atoms with Crippen LogP contribution in [0.25, 0.3) is 0 Å². The zero-order valence-corrected chi connectivity index (χ0v) is 13.9. The van der Waals surface area contributed by atoms with Crippen LogP contribution in [0.5, 0.6) is 5.75 Å². The van der Waals surface area contributed by atoms with Crippen LogP contribution in [0.4, 0.5) is 4.39 Å². The summed E-state index contributed by atoms with van der Waals surface area (Å²) in [6.45, 7) is 2.04. The largest absolute Gasteiger partial charge is 0.491 e. The van der Waals surface area contributed by atoms with Gasteiger partial charge in [0.05, 0.1) is 17.5 Å². The number of imide groups is 1. The van der Waals surface area contributed by atoms with Gasteiger partial charge in [-0.2, -0.15) is 4.31 Å². The normalized spacial score (nSPS) is 19.7.